The molecule has 150 valence electrons. The van der Waals surface area contributed by atoms with Crippen LogP contribution in [0.3, 0.4) is 0 Å². The fraction of sp³-hybridized carbons (Fsp3) is 0.450. The summed E-state index contributed by atoms with van der Waals surface area (Å²) in [4.78, 5) is 32.3. The van der Waals surface area contributed by atoms with Gasteiger partial charge in [-0.1, -0.05) is 6.92 Å². The van der Waals surface area contributed by atoms with Gasteiger partial charge in [-0.2, -0.15) is 0 Å². The molecule has 1 saturated heterocycles. The Balaban J connectivity index is 1.38. The molecule has 1 aromatic heterocycles. The average molecular weight is 384 g/mol. The van der Waals surface area contributed by atoms with Crippen LogP contribution >= 0.6 is 0 Å². The average Bonchev–Trinajstić information content (AvgIpc) is 3.15. The third kappa shape index (κ3) is 5.40. The first-order valence-electron chi connectivity index (χ1n) is 9.69. The molecule has 0 unspecified atom stereocenters. The topological polar surface area (TPSA) is 96.5 Å². The lowest BCUT2D eigenvalue weighted by atomic mass is 10.2. The standard InChI is InChI=1S/C20H28N6O2/c1-2-18-22-7-8-26(18)14-13-24-9-11-25(12-10-24)15-19(27)23-17-5-3-16(4-6-17)20(21)28/h3-8H,2,9-15H2,1H3,(H2,21,28)(H,23,27). The van der Waals surface area contributed by atoms with Crippen LogP contribution in [-0.2, 0) is 17.8 Å². The van der Waals surface area contributed by atoms with Crippen molar-refractivity contribution in [1.29, 1.82) is 0 Å². The van der Waals surface area contributed by atoms with Crippen LogP contribution in [0.25, 0.3) is 0 Å². The fourth-order valence-corrected chi connectivity index (χ4v) is 3.40. The van der Waals surface area contributed by atoms with E-state index in [2.05, 4.69) is 31.6 Å². The lowest BCUT2D eigenvalue weighted by molar-refractivity contribution is -0.117. The van der Waals surface area contributed by atoms with Crippen molar-refractivity contribution in [3.05, 3.63) is 48.0 Å². The molecule has 0 radical (unpaired) electrons. The molecule has 3 rings (SSSR count). The number of primary amides is 1. The maximum Gasteiger partial charge on any atom is 0.248 e. The van der Waals surface area contributed by atoms with E-state index in [1.807, 2.05) is 12.4 Å². The maximum absolute atomic E-state index is 12.3. The molecule has 0 bridgehead atoms. The molecule has 1 aliphatic rings. The van der Waals surface area contributed by atoms with Crippen LogP contribution in [0, 0.1) is 0 Å². The maximum atomic E-state index is 12.3. The highest BCUT2D eigenvalue weighted by Gasteiger charge is 2.19. The summed E-state index contributed by atoms with van der Waals surface area (Å²) in [5.41, 5.74) is 6.32. The van der Waals surface area contributed by atoms with E-state index in [1.54, 1.807) is 24.3 Å². The number of hydrogen-bond acceptors (Lipinski definition) is 5. The van der Waals surface area contributed by atoms with Crippen LogP contribution in [0.4, 0.5) is 5.69 Å². The first-order chi connectivity index (χ1) is 13.5. The van der Waals surface area contributed by atoms with E-state index in [1.165, 1.54) is 0 Å². The van der Waals surface area contributed by atoms with Crippen LogP contribution < -0.4 is 11.1 Å². The van der Waals surface area contributed by atoms with Gasteiger partial charge < -0.3 is 15.6 Å². The molecule has 3 N–H and O–H groups in total. The molecule has 1 fully saturated rings. The van der Waals surface area contributed by atoms with E-state index in [0.717, 1.165) is 51.5 Å². The molecule has 0 spiro atoms. The molecule has 28 heavy (non-hydrogen) atoms. The second kappa shape index (κ2) is 9.48. The highest BCUT2D eigenvalue weighted by atomic mass is 16.2. The van der Waals surface area contributed by atoms with Gasteiger partial charge >= 0.3 is 0 Å². The van der Waals surface area contributed by atoms with E-state index in [9.17, 15) is 9.59 Å². The van der Waals surface area contributed by atoms with Crippen molar-refractivity contribution < 1.29 is 9.59 Å². The van der Waals surface area contributed by atoms with Gasteiger partial charge in [0.05, 0.1) is 6.54 Å². The normalized spacial score (nSPS) is 15.5. The highest BCUT2D eigenvalue weighted by molar-refractivity contribution is 5.95. The minimum Gasteiger partial charge on any atom is -0.366 e. The van der Waals surface area contributed by atoms with Crippen LogP contribution in [0.15, 0.2) is 36.7 Å². The van der Waals surface area contributed by atoms with E-state index in [4.69, 9.17) is 5.73 Å². The van der Waals surface area contributed by atoms with Crippen LogP contribution in [0.5, 0.6) is 0 Å². The molecular weight excluding hydrogens is 356 g/mol. The van der Waals surface area contributed by atoms with Crippen molar-refractivity contribution in [1.82, 2.24) is 19.4 Å². The van der Waals surface area contributed by atoms with E-state index in [-0.39, 0.29) is 5.91 Å². The Kier molecular flexibility index (Phi) is 6.78. The van der Waals surface area contributed by atoms with Gasteiger partial charge in [-0.25, -0.2) is 4.98 Å². The largest absolute Gasteiger partial charge is 0.366 e. The summed E-state index contributed by atoms with van der Waals surface area (Å²) in [5, 5.41) is 2.87. The first-order valence-corrected chi connectivity index (χ1v) is 9.69. The number of aromatic nitrogens is 2. The minimum absolute atomic E-state index is 0.0497. The molecule has 2 amide bonds. The zero-order valence-electron chi connectivity index (χ0n) is 16.3. The molecule has 8 nitrogen and oxygen atoms in total. The summed E-state index contributed by atoms with van der Waals surface area (Å²) in [6, 6.07) is 6.61. The van der Waals surface area contributed by atoms with Gasteiger partial charge in [-0.15, -0.1) is 0 Å². The number of anilines is 1. The molecule has 1 aliphatic heterocycles. The number of imidazole rings is 1. The molecule has 0 aliphatic carbocycles. The number of nitrogens with zero attached hydrogens (tertiary/aromatic N) is 4. The zero-order chi connectivity index (χ0) is 19.9. The quantitative estimate of drug-likeness (QED) is 0.702. The predicted octanol–water partition coefficient (Wildman–Crippen LogP) is 0.801. The molecule has 0 atom stereocenters. The van der Waals surface area contributed by atoms with Crippen molar-refractivity contribution in [2.75, 3.05) is 44.6 Å². The number of nitrogens with one attached hydrogen (secondary N) is 1. The number of aryl methyl sites for hydroxylation is 1. The molecule has 2 aromatic rings. The number of carbonyl (C=O) groups excluding carboxylic acids is 2. The molecule has 8 heteroatoms. The minimum atomic E-state index is -0.477. The van der Waals surface area contributed by atoms with Crippen molar-refractivity contribution >= 4 is 17.5 Å². The van der Waals surface area contributed by atoms with Gasteiger partial charge in [-0.3, -0.25) is 19.4 Å². The number of nitrogens with two attached hydrogens (primary N) is 1. The van der Waals surface area contributed by atoms with Gasteiger partial charge in [0, 0.05) is 69.3 Å². The van der Waals surface area contributed by atoms with Crippen molar-refractivity contribution in [3.8, 4) is 0 Å². The Labute approximate surface area is 165 Å². The van der Waals surface area contributed by atoms with Gasteiger partial charge in [-0.05, 0) is 24.3 Å². The highest BCUT2D eigenvalue weighted by Crippen LogP contribution is 2.10. The summed E-state index contributed by atoms with van der Waals surface area (Å²) in [6.45, 7) is 8.09. The van der Waals surface area contributed by atoms with Gasteiger partial charge in [0.1, 0.15) is 5.82 Å². The molecule has 0 saturated carbocycles. The van der Waals surface area contributed by atoms with E-state index < -0.39 is 5.91 Å². The monoisotopic (exact) mass is 384 g/mol. The van der Waals surface area contributed by atoms with Crippen LogP contribution in [0.2, 0.25) is 0 Å². The lowest BCUT2D eigenvalue weighted by Gasteiger charge is -2.34. The van der Waals surface area contributed by atoms with E-state index >= 15 is 0 Å². The lowest BCUT2D eigenvalue weighted by Crippen LogP contribution is -2.49. The predicted molar refractivity (Wildman–Crippen MR) is 108 cm³/mol. The third-order valence-electron chi connectivity index (χ3n) is 5.06. The number of hydrogen-bond donors (Lipinski definition) is 2. The Bertz CT molecular complexity index is 793. The summed E-state index contributed by atoms with van der Waals surface area (Å²) in [6.07, 6.45) is 4.84. The van der Waals surface area contributed by atoms with E-state index in [0.29, 0.717) is 17.8 Å². The Hall–Kier alpha value is -2.71. The summed E-state index contributed by atoms with van der Waals surface area (Å²) in [7, 11) is 0. The molecule has 1 aromatic carbocycles. The van der Waals surface area contributed by atoms with Crippen molar-refractivity contribution in [3.63, 3.8) is 0 Å². The number of rotatable bonds is 8. The van der Waals surface area contributed by atoms with Gasteiger partial charge in [0.15, 0.2) is 0 Å². The van der Waals surface area contributed by atoms with Crippen molar-refractivity contribution in [2.24, 2.45) is 5.73 Å². The second-order valence-corrected chi connectivity index (χ2v) is 7.00. The number of carbonyl (C=O) groups is 2. The zero-order valence-corrected chi connectivity index (χ0v) is 16.3. The fourth-order valence-electron chi connectivity index (χ4n) is 3.40. The van der Waals surface area contributed by atoms with Crippen molar-refractivity contribution in [2.45, 2.75) is 19.9 Å². The Morgan fingerprint density at radius 3 is 2.39 bits per heavy atom. The van der Waals surface area contributed by atoms with Gasteiger partial charge in [0.25, 0.3) is 0 Å². The SMILES string of the molecule is CCc1nccn1CCN1CCN(CC(=O)Nc2ccc(C(N)=O)cc2)CC1. The third-order valence-corrected chi connectivity index (χ3v) is 5.06. The number of amides is 2. The van der Waals surface area contributed by atoms with Crippen LogP contribution in [-0.4, -0.2) is 70.4 Å². The summed E-state index contributed by atoms with van der Waals surface area (Å²) < 4.78 is 2.21. The first kappa shape index (κ1) is 20.0. The smallest absolute Gasteiger partial charge is 0.248 e. The molecular formula is C20H28N6O2. The molecule has 2 heterocycles. The number of piperazine rings is 1. The number of benzene rings is 1. The summed E-state index contributed by atoms with van der Waals surface area (Å²) in [5.74, 6) is 0.597. The van der Waals surface area contributed by atoms with Crippen LogP contribution in [0.1, 0.15) is 23.1 Å². The van der Waals surface area contributed by atoms with Gasteiger partial charge in [0.2, 0.25) is 11.8 Å². The Morgan fingerprint density at radius 1 is 1.07 bits per heavy atom. The Morgan fingerprint density at radius 2 is 1.75 bits per heavy atom. The summed E-state index contributed by atoms with van der Waals surface area (Å²) >= 11 is 0. The second-order valence-electron chi connectivity index (χ2n) is 7.00.